The van der Waals surface area contributed by atoms with Gasteiger partial charge in [-0.2, -0.15) is 0 Å². The summed E-state index contributed by atoms with van der Waals surface area (Å²) in [4.78, 5) is 11.6. The standard InChI is InChI=1S/C13H20N2O3/c1-9(2)15-7-12(16)8-18-13(17)10-3-5-11(14)6-4-10/h3-6,9,12,15-16H,7-8,14H2,1-2H3. The van der Waals surface area contributed by atoms with E-state index in [-0.39, 0.29) is 12.6 Å². The van der Waals surface area contributed by atoms with Crippen molar-refractivity contribution >= 4 is 11.7 Å². The minimum atomic E-state index is -0.704. The number of aliphatic hydroxyl groups is 1. The lowest BCUT2D eigenvalue weighted by Crippen LogP contribution is -2.35. The minimum Gasteiger partial charge on any atom is -0.459 e. The summed E-state index contributed by atoms with van der Waals surface area (Å²) >= 11 is 0. The predicted octanol–water partition coefficient (Wildman–Crippen LogP) is 0.784. The van der Waals surface area contributed by atoms with Gasteiger partial charge in [0.25, 0.3) is 0 Å². The second-order valence-electron chi connectivity index (χ2n) is 4.44. The van der Waals surface area contributed by atoms with Gasteiger partial charge in [-0.3, -0.25) is 0 Å². The fourth-order valence-corrected chi connectivity index (χ4v) is 1.31. The summed E-state index contributed by atoms with van der Waals surface area (Å²) in [5.41, 5.74) is 6.53. The van der Waals surface area contributed by atoms with Crippen molar-refractivity contribution in [3.8, 4) is 0 Å². The van der Waals surface area contributed by atoms with E-state index in [9.17, 15) is 9.90 Å². The van der Waals surface area contributed by atoms with Crippen LogP contribution in [0.25, 0.3) is 0 Å². The average Bonchev–Trinajstić information content (AvgIpc) is 2.34. The van der Waals surface area contributed by atoms with Gasteiger partial charge < -0.3 is 20.9 Å². The number of rotatable bonds is 6. The molecule has 0 saturated carbocycles. The first-order chi connectivity index (χ1) is 8.49. The number of benzene rings is 1. The molecule has 0 aliphatic carbocycles. The average molecular weight is 252 g/mol. The first-order valence-electron chi connectivity index (χ1n) is 5.93. The summed E-state index contributed by atoms with van der Waals surface area (Å²) in [5, 5.41) is 12.6. The van der Waals surface area contributed by atoms with Crippen LogP contribution >= 0.6 is 0 Å². The highest BCUT2D eigenvalue weighted by molar-refractivity contribution is 5.89. The molecule has 0 aliphatic heterocycles. The SMILES string of the molecule is CC(C)NCC(O)COC(=O)c1ccc(N)cc1. The third kappa shape index (κ3) is 5.16. The lowest BCUT2D eigenvalue weighted by Gasteiger charge is -2.14. The first-order valence-corrected chi connectivity index (χ1v) is 5.93. The molecular formula is C13H20N2O3. The van der Waals surface area contributed by atoms with Crippen molar-refractivity contribution in [2.24, 2.45) is 0 Å². The number of nitrogens with one attached hydrogen (secondary N) is 1. The molecule has 0 spiro atoms. The van der Waals surface area contributed by atoms with Gasteiger partial charge in [0.1, 0.15) is 12.7 Å². The van der Waals surface area contributed by atoms with E-state index in [4.69, 9.17) is 10.5 Å². The number of esters is 1. The fourth-order valence-electron chi connectivity index (χ4n) is 1.31. The smallest absolute Gasteiger partial charge is 0.338 e. The summed E-state index contributed by atoms with van der Waals surface area (Å²) in [6.07, 6.45) is -0.704. The quantitative estimate of drug-likeness (QED) is 0.515. The van der Waals surface area contributed by atoms with Gasteiger partial charge in [0.2, 0.25) is 0 Å². The van der Waals surface area contributed by atoms with Crippen molar-refractivity contribution in [3.05, 3.63) is 29.8 Å². The number of carbonyl (C=O) groups excluding carboxylic acids is 1. The van der Waals surface area contributed by atoms with Gasteiger partial charge in [0, 0.05) is 18.3 Å². The van der Waals surface area contributed by atoms with Crippen LogP contribution in [0, 0.1) is 0 Å². The number of carbonyl (C=O) groups is 1. The van der Waals surface area contributed by atoms with Crippen LogP contribution in [0.4, 0.5) is 5.69 Å². The second-order valence-corrected chi connectivity index (χ2v) is 4.44. The Bertz CT molecular complexity index is 376. The van der Waals surface area contributed by atoms with E-state index < -0.39 is 12.1 Å². The van der Waals surface area contributed by atoms with Crippen molar-refractivity contribution in [1.29, 1.82) is 0 Å². The Morgan fingerprint density at radius 1 is 1.39 bits per heavy atom. The van der Waals surface area contributed by atoms with Crippen molar-refractivity contribution < 1.29 is 14.6 Å². The van der Waals surface area contributed by atoms with E-state index in [1.54, 1.807) is 24.3 Å². The van der Waals surface area contributed by atoms with Crippen molar-refractivity contribution in [1.82, 2.24) is 5.32 Å². The molecule has 1 aromatic rings. The molecule has 1 unspecified atom stereocenters. The Morgan fingerprint density at radius 2 is 2.00 bits per heavy atom. The zero-order valence-electron chi connectivity index (χ0n) is 10.7. The monoisotopic (exact) mass is 252 g/mol. The number of nitrogen functional groups attached to an aromatic ring is 1. The maximum atomic E-state index is 11.6. The molecule has 0 radical (unpaired) electrons. The number of hydrogen-bond acceptors (Lipinski definition) is 5. The van der Waals surface area contributed by atoms with Crippen LogP contribution in [-0.2, 0) is 4.74 Å². The highest BCUT2D eigenvalue weighted by Crippen LogP contribution is 2.06. The molecule has 0 amide bonds. The number of anilines is 1. The fraction of sp³-hybridized carbons (Fsp3) is 0.462. The number of aliphatic hydroxyl groups excluding tert-OH is 1. The third-order valence-electron chi connectivity index (χ3n) is 2.31. The molecular weight excluding hydrogens is 232 g/mol. The zero-order valence-corrected chi connectivity index (χ0v) is 10.7. The maximum absolute atomic E-state index is 11.6. The van der Waals surface area contributed by atoms with E-state index in [2.05, 4.69) is 5.32 Å². The highest BCUT2D eigenvalue weighted by atomic mass is 16.5. The molecule has 5 nitrogen and oxygen atoms in total. The van der Waals surface area contributed by atoms with Crippen LogP contribution in [0.5, 0.6) is 0 Å². The Labute approximate surface area is 107 Å². The predicted molar refractivity (Wildman–Crippen MR) is 70.3 cm³/mol. The van der Waals surface area contributed by atoms with Crippen LogP contribution in [0.15, 0.2) is 24.3 Å². The van der Waals surface area contributed by atoms with E-state index in [1.165, 1.54) is 0 Å². The molecule has 0 aromatic heterocycles. The second kappa shape index (κ2) is 6.98. The Kier molecular flexibility index (Phi) is 5.61. The lowest BCUT2D eigenvalue weighted by molar-refractivity contribution is 0.0256. The largest absolute Gasteiger partial charge is 0.459 e. The van der Waals surface area contributed by atoms with E-state index in [0.717, 1.165) is 0 Å². The molecule has 4 N–H and O–H groups in total. The summed E-state index contributed by atoms with van der Waals surface area (Å²) in [7, 11) is 0. The van der Waals surface area contributed by atoms with Gasteiger partial charge in [-0.15, -0.1) is 0 Å². The maximum Gasteiger partial charge on any atom is 0.338 e. The number of hydrogen-bond donors (Lipinski definition) is 3. The number of ether oxygens (including phenoxy) is 1. The van der Waals surface area contributed by atoms with Crippen molar-refractivity contribution in [2.45, 2.75) is 26.0 Å². The molecule has 18 heavy (non-hydrogen) atoms. The molecule has 1 rings (SSSR count). The lowest BCUT2D eigenvalue weighted by atomic mass is 10.2. The van der Waals surface area contributed by atoms with Gasteiger partial charge in [-0.1, -0.05) is 13.8 Å². The van der Waals surface area contributed by atoms with Crippen LogP contribution in [0.1, 0.15) is 24.2 Å². The molecule has 1 aromatic carbocycles. The van der Waals surface area contributed by atoms with Crippen LogP contribution in [0.2, 0.25) is 0 Å². The third-order valence-corrected chi connectivity index (χ3v) is 2.31. The summed E-state index contributed by atoms with van der Waals surface area (Å²) in [5.74, 6) is -0.460. The Morgan fingerprint density at radius 3 is 2.56 bits per heavy atom. The molecule has 0 heterocycles. The Balaban J connectivity index is 2.34. The van der Waals surface area contributed by atoms with Gasteiger partial charge in [-0.05, 0) is 24.3 Å². The summed E-state index contributed by atoms with van der Waals surface area (Å²) in [6, 6.07) is 6.74. The van der Waals surface area contributed by atoms with Gasteiger partial charge in [0.15, 0.2) is 0 Å². The van der Waals surface area contributed by atoms with E-state index >= 15 is 0 Å². The van der Waals surface area contributed by atoms with Crippen LogP contribution < -0.4 is 11.1 Å². The van der Waals surface area contributed by atoms with Crippen LogP contribution in [0.3, 0.4) is 0 Å². The van der Waals surface area contributed by atoms with Crippen molar-refractivity contribution in [2.75, 3.05) is 18.9 Å². The highest BCUT2D eigenvalue weighted by Gasteiger charge is 2.11. The number of nitrogens with two attached hydrogens (primary N) is 1. The first kappa shape index (κ1) is 14.5. The topological polar surface area (TPSA) is 84.6 Å². The van der Waals surface area contributed by atoms with Gasteiger partial charge >= 0.3 is 5.97 Å². The molecule has 0 bridgehead atoms. The Hall–Kier alpha value is -1.59. The van der Waals surface area contributed by atoms with E-state index in [0.29, 0.717) is 17.8 Å². The van der Waals surface area contributed by atoms with E-state index in [1.807, 2.05) is 13.8 Å². The zero-order chi connectivity index (χ0) is 13.5. The molecule has 100 valence electrons. The molecule has 0 fully saturated rings. The van der Waals surface area contributed by atoms with Gasteiger partial charge in [-0.25, -0.2) is 4.79 Å². The summed E-state index contributed by atoms with van der Waals surface area (Å²) < 4.78 is 4.99. The van der Waals surface area contributed by atoms with Gasteiger partial charge in [0.05, 0.1) is 5.56 Å². The summed E-state index contributed by atoms with van der Waals surface area (Å²) in [6.45, 7) is 4.33. The minimum absolute atomic E-state index is 0.0249. The molecule has 0 aliphatic rings. The molecule has 0 saturated heterocycles. The van der Waals surface area contributed by atoms with Crippen molar-refractivity contribution in [3.63, 3.8) is 0 Å². The van der Waals surface area contributed by atoms with Crippen LogP contribution in [-0.4, -0.2) is 36.4 Å². The molecule has 1 atom stereocenters. The normalized spacial score (nSPS) is 12.4. The molecule has 5 heteroatoms.